The van der Waals surface area contributed by atoms with E-state index in [1.54, 1.807) is 12.1 Å². The lowest BCUT2D eigenvalue weighted by atomic mass is 10.0. The highest BCUT2D eigenvalue weighted by atomic mass is 32.1. The number of nitrogens with one attached hydrogen (secondary N) is 1. The number of carbonyl (C=O) groups is 1. The summed E-state index contributed by atoms with van der Waals surface area (Å²) in [4.78, 5) is 42.1. The van der Waals surface area contributed by atoms with Crippen LogP contribution in [0.25, 0.3) is 10.2 Å². The molecule has 1 aromatic carbocycles. The Morgan fingerprint density at radius 1 is 1.16 bits per heavy atom. The molecule has 0 aliphatic carbocycles. The largest absolute Gasteiger partial charge is 0.329 e. The Balaban J connectivity index is 2.09. The summed E-state index contributed by atoms with van der Waals surface area (Å²) in [6, 6.07) is 5.40. The molecule has 0 fully saturated rings. The van der Waals surface area contributed by atoms with Crippen LogP contribution in [-0.2, 0) is 13.0 Å². The molecule has 0 spiro atoms. The van der Waals surface area contributed by atoms with E-state index in [0.29, 0.717) is 22.2 Å². The third kappa shape index (κ3) is 2.98. The molecule has 6 heteroatoms. The Labute approximate surface area is 148 Å². The van der Waals surface area contributed by atoms with Crippen molar-refractivity contribution in [1.29, 1.82) is 0 Å². The second-order valence-corrected chi connectivity index (χ2v) is 7.46. The third-order valence-corrected chi connectivity index (χ3v) is 5.68. The zero-order chi connectivity index (χ0) is 18.3. The van der Waals surface area contributed by atoms with Gasteiger partial charge in [-0.1, -0.05) is 19.1 Å². The minimum atomic E-state index is -0.543. The minimum absolute atomic E-state index is 0.250. The number of hydrogen-bond donors (Lipinski definition) is 1. The first kappa shape index (κ1) is 17.4. The summed E-state index contributed by atoms with van der Waals surface area (Å²) in [6.07, 6.45) is 0.707. The maximum atomic E-state index is 12.8. The lowest BCUT2D eigenvalue weighted by Gasteiger charge is -2.07. The predicted octanol–water partition coefficient (Wildman–Crippen LogP) is 3.12. The van der Waals surface area contributed by atoms with Gasteiger partial charge in [0.2, 0.25) is 0 Å². The van der Waals surface area contributed by atoms with E-state index in [1.807, 2.05) is 33.8 Å². The van der Waals surface area contributed by atoms with Crippen molar-refractivity contribution in [2.24, 2.45) is 0 Å². The highest BCUT2D eigenvalue weighted by Crippen LogP contribution is 2.26. The van der Waals surface area contributed by atoms with Gasteiger partial charge in [0.25, 0.3) is 5.56 Å². The van der Waals surface area contributed by atoms with Gasteiger partial charge in [-0.2, -0.15) is 0 Å². The summed E-state index contributed by atoms with van der Waals surface area (Å²) in [5.41, 5.74) is 2.61. The highest BCUT2D eigenvalue weighted by molar-refractivity contribution is 7.18. The maximum Gasteiger partial charge on any atom is 0.329 e. The SMILES string of the molecule is CCc1c(C)sc2[nH]c(=O)n(CC(=O)c3ccc(C)c(C)c3)c(=O)c12. The number of carbonyl (C=O) groups excluding carboxylic acids is 1. The first-order chi connectivity index (χ1) is 11.8. The molecule has 0 unspecified atom stereocenters. The van der Waals surface area contributed by atoms with Crippen LogP contribution in [0.2, 0.25) is 0 Å². The van der Waals surface area contributed by atoms with Gasteiger partial charge in [-0.15, -0.1) is 11.3 Å². The quantitative estimate of drug-likeness (QED) is 0.730. The van der Waals surface area contributed by atoms with Crippen LogP contribution < -0.4 is 11.2 Å². The van der Waals surface area contributed by atoms with Gasteiger partial charge in [0.1, 0.15) is 4.83 Å². The van der Waals surface area contributed by atoms with Crippen molar-refractivity contribution >= 4 is 27.3 Å². The van der Waals surface area contributed by atoms with Gasteiger partial charge < -0.3 is 0 Å². The van der Waals surface area contributed by atoms with Crippen molar-refractivity contribution in [3.8, 4) is 0 Å². The van der Waals surface area contributed by atoms with Gasteiger partial charge >= 0.3 is 5.69 Å². The Bertz CT molecular complexity index is 1100. The number of thiophene rings is 1. The monoisotopic (exact) mass is 356 g/mol. The summed E-state index contributed by atoms with van der Waals surface area (Å²) < 4.78 is 1.01. The number of benzene rings is 1. The van der Waals surface area contributed by atoms with E-state index in [0.717, 1.165) is 26.1 Å². The van der Waals surface area contributed by atoms with Crippen LogP contribution in [0.5, 0.6) is 0 Å². The number of aromatic amines is 1. The van der Waals surface area contributed by atoms with E-state index >= 15 is 0 Å². The summed E-state index contributed by atoms with van der Waals surface area (Å²) in [5.74, 6) is -0.250. The Morgan fingerprint density at radius 2 is 1.88 bits per heavy atom. The zero-order valence-corrected chi connectivity index (χ0v) is 15.5. The summed E-state index contributed by atoms with van der Waals surface area (Å²) in [5, 5.41) is 0.525. The van der Waals surface area contributed by atoms with Gasteiger partial charge in [-0.25, -0.2) is 4.79 Å². The molecule has 0 aliphatic rings. The number of hydrogen-bond acceptors (Lipinski definition) is 4. The van der Waals surface area contributed by atoms with E-state index in [9.17, 15) is 14.4 Å². The molecule has 0 saturated heterocycles. The maximum absolute atomic E-state index is 12.8. The smallest absolute Gasteiger partial charge is 0.298 e. The topological polar surface area (TPSA) is 71.9 Å². The summed E-state index contributed by atoms with van der Waals surface area (Å²) in [6.45, 7) is 7.55. The van der Waals surface area contributed by atoms with Gasteiger partial charge in [0, 0.05) is 10.4 Å². The second-order valence-electron chi connectivity index (χ2n) is 6.24. The molecule has 2 aromatic heterocycles. The van der Waals surface area contributed by atoms with Crippen molar-refractivity contribution in [3.63, 3.8) is 0 Å². The van der Waals surface area contributed by atoms with E-state index in [1.165, 1.54) is 11.3 Å². The minimum Gasteiger partial charge on any atom is -0.298 e. The molecule has 0 saturated carbocycles. The number of nitrogens with zero attached hydrogens (tertiary/aromatic N) is 1. The van der Waals surface area contributed by atoms with E-state index < -0.39 is 11.2 Å². The zero-order valence-electron chi connectivity index (χ0n) is 14.7. The first-order valence-electron chi connectivity index (χ1n) is 8.19. The molecule has 3 rings (SSSR count). The van der Waals surface area contributed by atoms with Crippen molar-refractivity contribution in [1.82, 2.24) is 9.55 Å². The molecule has 5 nitrogen and oxygen atoms in total. The van der Waals surface area contributed by atoms with Gasteiger partial charge in [-0.3, -0.25) is 19.1 Å². The molecule has 0 atom stereocenters. The third-order valence-electron chi connectivity index (χ3n) is 4.62. The molecule has 1 N–H and O–H groups in total. The molecule has 25 heavy (non-hydrogen) atoms. The average molecular weight is 356 g/mol. The highest BCUT2D eigenvalue weighted by Gasteiger charge is 2.18. The fourth-order valence-corrected chi connectivity index (χ4v) is 4.13. The van der Waals surface area contributed by atoms with Crippen LogP contribution in [0.3, 0.4) is 0 Å². The number of aryl methyl sites for hydroxylation is 4. The molecular weight excluding hydrogens is 336 g/mol. The standard InChI is InChI=1S/C19H20N2O3S/c1-5-14-12(4)25-17-16(14)18(23)21(19(24)20-17)9-15(22)13-7-6-10(2)11(3)8-13/h6-8H,5,9H2,1-4H3,(H,20,24). The molecular formula is C19H20N2O3S. The van der Waals surface area contributed by atoms with Crippen molar-refractivity contribution in [2.45, 2.75) is 40.7 Å². The predicted molar refractivity (Wildman–Crippen MR) is 101 cm³/mol. The van der Waals surface area contributed by atoms with Gasteiger partial charge in [0.05, 0.1) is 11.9 Å². The molecule has 130 valence electrons. The van der Waals surface area contributed by atoms with Crippen LogP contribution in [0.1, 0.15) is 38.8 Å². The van der Waals surface area contributed by atoms with Crippen molar-refractivity contribution in [2.75, 3.05) is 0 Å². The number of H-pyrrole nitrogens is 1. The van der Waals surface area contributed by atoms with E-state index in [-0.39, 0.29) is 12.3 Å². The van der Waals surface area contributed by atoms with Crippen LogP contribution in [0.4, 0.5) is 0 Å². The van der Waals surface area contributed by atoms with Crippen LogP contribution in [0, 0.1) is 20.8 Å². The fourth-order valence-electron chi connectivity index (χ4n) is 3.00. The Kier molecular flexibility index (Phi) is 4.47. The van der Waals surface area contributed by atoms with E-state index in [4.69, 9.17) is 0 Å². The fraction of sp³-hybridized carbons (Fsp3) is 0.316. The molecule has 0 radical (unpaired) electrons. The van der Waals surface area contributed by atoms with Crippen LogP contribution in [-0.4, -0.2) is 15.3 Å². The van der Waals surface area contributed by atoms with Gasteiger partial charge in [0.15, 0.2) is 5.78 Å². The molecule has 0 bridgehead atoms. The second kappa shape index (κ2) is 6.44. The lowest BCUT2D eigenvalue weighted by molar-refractivity contribution is 0.0969. The Morgan fingerprint density at radius 3 is 2.52 bits per heavy atom. The molecule has 0 aliphatic heterocycles. The number of Topliss-reactive ketones (excluding diaryl/α,β-unsaturated/α-hetero) is 1. The molecule has 2 heterocycles. The normalized spacial score (nSPS) is 11.2. The van der Waals surface area contributed by atoms with Gasteiger partial charge in [-0.05, 0) is 49.9 Å². The number of aromatic nitrogens is 2. The van der Waals surface area contributed by atoms with Crippen LogP contribution in [0.15, 0.2) is 27.8 Å². The summed E-state index contributed by atoms with van der Waals surface area (Å²) >= 11 is 1.41. The van der Waals surface area contributed by atoms with Crippen molar-refractivity contribution < 1.29 is 4.79 Å². The van der Waals surface area contributed by atoms with Crippen LogP contribution >= 0.6 is 11.3 Å². The summed E-state index contributed by atoms with van der Waals surface area (Å²) in [7, 11) is 0. The average Bonchev–Trinajstić information content (AvgIpc) is 2.88. The van der Waals surface area contributed by atoms with E-state index in [2.05, 4.69) is 4.98 Å². The lowest BCUT2D eigenvalue weighted by Crippen LogP contribution is -2.37. The Hall–Kier alpha value is -2.47. The number of fused-ring (bicyclic) bond motifs is 1. The first-order valence-corrected chi connectivity index (χ1v) is 9.00. The number of rotatable bonds is 4. The molecule has 3 aromatic rings. The number of ketones is 1. The van der Waals surface area contributed by atoms with Crippen molar-refractivity contribution in [3.05, 3.63) is 66.2 Å². The molecule has 0 amide bonds.